The maximum absolute atomic E-state index is 12.7. The van der Waals surface area contributed by atoms with E-state index in [-0.39, 0.29) is 28.6 Å². The summed E-state index contributed by atoms with van der Waals surface area (Å²) in [6, 6.07) is 4.66. The second-order valence-corrected chi connectivity index (χ2v) is 6.39. The van der Waals surface area contributed by atoms with Crippen LogP contribution in [0.15, 0.2) is 18.2 Å². The lowest BCUT2D eigenvalue weighted by Crippen LogP contribution is -2.54. The number of benzene rings is 1. The second-order valence-electron chi connectivity index (χ2n) is 6.39. The number of carbonyl (C=O) groups is 1. The van der Waals surface area contributed by atoms with Gasteiger partial charge in [-0.05, 0) is 30.4 Å². The van der Waals surface area contributed by atoms with Crippen LogP contribution in [0.3, 0.4) is 0 Å². The third-order valence-electron chi connectivity index (χ3n) is 4.18. The van der Waals surface area contributed by atoms with Crippen LogP contribution in [0.5, 0.6) is 0 Å². The number of carbonyl (C=O) groups excluding carboxylic acids is 1. The molecule has 1 aromatic carbocycles. The van der Waals surface area contributed by atoms with Crippen LogP contribution in [0.25, 0.3) is 0 Å². The first-order valence-electron chi connectivity index (χ1n) is 7.02. The minimum absolute atomic E-state index is 0.0362. The van der Waals surface area contributed by atoms with Crippen LogP contribution < -0.4 is 5.73 Å². The SMILES string of the molecule is Cc1ccc([N+](=O)[O-])c(C(=O)N2CCC(N)C(C)(C)C2)c1. The molecule has 2 rings (SSSR count). The van der Waals surface area contributed by atoms with Gasteiger partial charge in [0.05, 0.1) is 4.92 Å². The van der Waals surface area contributed by atoms with Crippen molar-refractivity contribution >= 4 is 11.6 Å². The van der Waals surface area contributed by atoms with Gasteiger partial charge in [0.1, 0.15) is 5.56 Å². The number of piperidine rings is 1. The molecule has 0 aromatic heterocycles. The van der Waals surface area contributed by atoms with Crippen LogP contribution in [-0.4, -0.2) is 34.9 Å². The number of nitro benzene ring substituents is 1. The first-order chi connectivity index (χ1) is 9.72. The zero-order chi connectivity index (χ0) is 15.8. The first-order valence-corrected chi connectivity index (χ1v) is 7.02. The van der Waals surface area contributed by atoms with Gasteiger partial charge >= 0.3 is 0 Å². The predicted octanol–water partition coefficient (Wildman–Crippen LogP) is 2.10. The fourth-order valence-corrected chi connectivity index (χ4v) is 2.70. The van der Waals surface area contributed by atoms with Crippen molar-refractivity contribution in [2.75, 3.05) is 13.1 Å². The lowest BCUT2D eigenvalue weighted by Gasteiger charge is -2.42. The molecule has 1 aromatic rings. The summed E-state index contributed by atoms with van der Waals surface area (Å²) in [6.45, 7) is 6.90. The molecule has 0 aliphatic carbocycles. The quantitative estimate of drug-likeness (QED) is 0.667. The molecule has 0 radical (unpaired) electrons. The van der Waals surface area contributed by atoms with E-state index in [1.807, 2.05) is 20.8 Å². The van der Waals surface area contributed by atoms with Gasteiger partial charge in [-0.1, -0.05) is 19.9 Å². The molecule has 1 aliphatic rings. The highest BCUT2D eigenvalue weighted by molar-refractivity contribution is 5.98. The Balaban J connectivity index is 2.32. The Labute approximate surface area is 124 Å². The van der Waals surface area contributed by atoms with Crippen molar-refractivity contribution in [2.45, 2.75) is 33.2 Å². The molecular weight excluding hydrogens is 270 g/mol. The van der Waals surface area contributed by atoms with E-state index >= 15 is 0 Å². The van der Waals surface area contributed by atoms with Gasteiger partial charge in [0.25, 0.3) is 11.6 Å². The van der Waals surface area contributed by atoms with E-state index in [0.717, 1.165) is 5.56 Å². The lowest BCUT2D eigenvalue weighted by atomic mass is 9.79. The van der Waals surface area contributed by atoms with Crippen LogP contribution in [0.2, 0.25) is 0 Å². The molecule has 1 aliphatic heterocycles. The van der Waals surface area contributed by atoms with Crippen molar-refractivity contribution < 1.29 is 9.72 Å². The van der Waals surface area contributed by atoms with Crippen molar-refractivity contribution in [3.63, 3.8) is 0 Å². The summed E-state index contributed by atoms with van der Waals surface area (Å²) in [7, 11) is 0. The van der Waals surface area contributed by atoms with Gasteiger partial charge in [-0.3, -0.25) is 14.9 Å². The van der Waals surface area contributed by atoms with E-state index in [9.17, 15) is 14.9 Å². The molecule has 0 saturated carbocycles. The zero-order valence-electron chi connectivity index (χ0n) is 12.6. The van der Waals surface area contributed by atoms with E-state index in [0.29, 0.717) is 19.5 Å². The second kappa shape index (κ2) is 5.44. The summed E-state index contributed by atoms with van der Waals surface area (Å²) in [5.41, 5.74) is 6.73. The van der Waals surface area contributed by atoms with Crippen molar-refractivity contribution in [2.24, 2.45) is 11.1 Å². The summed E-state index contributed by atoms with van der Waals surface area (Å²) in [5.74, 6) is -0.287. The molecular formula is C15H21N3O3. The maximum Gasteiger partial charge on any atom is 0.282 e. The van der Waals surface area contributed by atoms with Gasteiger partial charge in [0.15, 0.2) is 0 Å². The standard InChI is InChI=1S/C15H21N3O3/c1-10-4-5-12(18(20)21)11(8-10)14(19)17-7-6-13(16)15(2,3)9-17/h4-5,8,13H,6-7,9,16H2,1-3H3. The van der Waals surface area contributed by atoms with E-state index in [1.165, 1.54) is 6.07 Å². The van der Waals surface area contributed by atoms with E-state index in [1.54, 1.807) is 17.0 Å². The Kier molecular flexibility index (Phi) is 4.00. The summed E-state index contributed by atoms with van der Waals surface area (Å²) in [6.07, 6.45) is 0.707. The van der Waals surface area contributed by atoms with Crippen molar-refractivity contribution in [3.05, 3.63) is 39.4 Å². The Bertz CT molecular complexity index is 584. The summed E-state index contributed by atoms with van der Waals surface area (Å²) >= 11 is 0. The number of hydrogen-bond donors (Lipinski definition) is 1. The van der Waals surface area contributed by atoms with Crippen LogP contribution in [-0.2, 0) is 0 Å². The third-order valence-corrected chi connectivity index (χ3v) is 4.18. The Morgan fingerprint density at radius 2 is 2.14 bits per heavy atom. The van der Waals surface area contributed by atoms with E-state index < -0.39 is 4.92 Å². The molecule has 6 nitrogen and oxygen atoms in total. The number of aryl methyl sites for hydroxylation is 1. The molecule has 1 unspecified atom stereocenters. The van der Waals surface area contributed by atoms with Gasteiger partial charge in [-0.25, -0.2) is 0 Å². The molecule has 6 heteroatoms. The normalized spacial score (nSPS) is 21.1. The van der Waals surface area contributed by atoms with Crippen LogP contribution in [0.1, 0.15) is 36.2 Å². The fraction of sp³-hybridized carbons (Fsp3) is 0.533. The number of nitrogens with zero attached hydrogens (tertiary/aromatic N) is 2. The molecule has 1 atom stereocenters. The highest BCUT2D eigenvalue weighted by Gasteiger charge is 2.37. The number of nitrogens with two attached hydrogens (primary N) is 1. The predicted molar refractivity (Wildman–Crippen MR) is 80.1 cm³/mol. The summed E-state index contributed by atoms with van der Waals surface area (Å²) in [5, 5.41) is 11.1. The van der Waals surface area contributed by atoms with E-state index in [2.05, 4.69) is 0 Å². The Morgan fingerprint density at radius 3 is 2.71 bits per heavy atom. The Hall–Kier alpha value is -1.95. The maximum atomic E-state index is 12.7. The fourth-order valence-electron chi connectivity index (χ4n) is 2.70. The number of likely N-dealkylation sites (tertiary alicyclic amines) is 1. The average molecular weight is 291 g/mol. The molecule has 0 spiro atoms. The minimum Gasteiger partial charge on any atom is -0.338 e. The summed E-state index contributed by atoms with van der Waals surface area (Å²) < 4.78 is 0. The smallest absolute Gasteiger partial charge is 0.282 e. The van der Waals surface area contributed by atoms with Crippen LogP contribution in [0.4, 0.5) is 5.69 Å². The monoisotopic (exact) mass is 291 g/mol. The van der Waals surface area contributed by atoms with Gasteiger partial charge in [0, 0.05) is 25.2 Å². The molecule has 114 valence electrons. The number of rotatable bonds is 2. The average Bonchev–Trinajstić information content (AvgIpc) is 2.40. The molecule has 1 fully saturated rings. The highest BCUT2D eigenvalue weighted by atomic mass is 16.6. The van der Waals surface area contributed by atoms with Crippen molar-refractivity contribution in [1.29, 1.82) is 0 Å². The molecule has 1 heterocycles. The Morgan fingerprint density at radius 1 is 1.48 bits per heavy atom. The van der Waals surface area contributed by atoms with Gasteiger partial charge in [0.2, 0.25) is 0 Å². The van der Waals surface area contributed by atoms with Gasteiger partial charge in [-0.2, -0.15) is 0 Å². The van der Waals surface area contributed by atoms with Gasteiger partial charge < -0.3 is 10.6 Å². The van der Waals surface area contributed by atoms with Crippen LogP contribution >= 0.6 is 0 Å². The summed E-state index contributed by atoms with van der Waals surface area (Å²) in [4.78, 5) is 24.9. The molecule has 1 saturated heterocycles. The number of amides is 1. The minimum atomic E-state index is -0.506. The largest absolute Gasteiger partial charge is 0.338 e. The van der Waals surface area contributed by atoms with E-state index in [4.69, 9.17) is 5.73 Å². The van der Waals surface area contributed by atoms with Crippen LogP contribution in [0, 0.1) is 22.5 Å². The lowest BCUT2D eigenvalue weighted by molar-refractivity contribution is -0.385. The highest BCUT2D eigenvalue weighted by Crippen LogP contribution is 2.30. The topological polar surface area (TPSA) is 89.5 Å². The van der Waals surface area contributed by atoms with Gasteiger partial charge in [-0.15, -0.1) is 0 Å². The molecule has 1 amide bonds. The third kappa shape index (κ3) is 3.05. The number of hydrogen-bond acceptors (Lipinski definition) is 4. The molecule has 0 bridgehead atoms. The molecule has 2 N–H and O–H groups in total. The number of nitro groups is 1. The zero-order valence-corrected chi connectivity index (χ0v) is 12.6. The first kappa shape index (κ1) is 15.4. The molecule has 21 heavy (non-hydrogen) atoms. The van der Waals surface area contributed by atoms with Crippen molar-refractivity contribution in [1.82, 2.24) is 4.90 Å². The van der Waals surface area contributed by atoms with Crippen molar-refractivity contribution in [3.8, 4) is 0 Å².